The zero-order valence-corrected chi connectivity index (χ0v) is 11.8. The maximum Gasteiger partial charge on any atom is 0.130 e. The zero-order valence-electron chi connectivity index (χ0n) is 10.2. The van der Waals surface area contributed by atoms with Gasteiger partial charge in [-0.15, -0.1) is 0 Å². The average Bonchev–Trinajstić information content (AvgIpc) is 2.41. The first-order valence-corrected chi connectivity index (χ1v) is 6.51. The molecular formula is C14H15BrN2O. The van der Waals surface area contributed by atoms with Crippen molar-refractivity contribution in [1.29, 1.82) is 0 Å². The summed E-state index contributed by atoms with van der Waals surface area (Å²) in [5.41, 5.74) is 8.59. The van der Waals surface area contributed by atoms with Gasteiger partial charge in [-0.3, -0.25) is 4.98 Å². The number of benzene rings is 1. The lowest BCUT2D eigenvalue weighted by molar-refractivity contribution is 0.301. The lowest BCUT2D eigenvalue weighted by Crippen LogP contribution is -2.01. The fourth-order valence-electron chi connectivity index (χ4n) is 1.53. The van der Waals surface area contributed by atoms with E-state index in [2.05, 4.69) is 20.9 Å². The molecule has 1 aromatic heterocycles. The second kappa shape index (κ2) is 5.98. The summed E-state index contributed by atoms with van der Waals surface area (Å²) in [5.74, 6) is 0.848. The number of halogens is 1. The van der Waals surface area contributed by atoms with Crippen molar-refractivity contribution < 1.29 is 4.74 Å². The standard InChI is InChI=1S/C14H15BrN2O/c1-10-6-13(4-5-14(10)15)18-9-12-3-2-11(7-16)8-17-12/h2-6,8H,7,9,16H2,1H3. The lowest BCUT2D eigenvalue weighted by atomic mass is 10.2. The second-order valence-electron chi connectivity index (χ2n) is 4.06. The number of aromatic nitrogens is 1. The third kappa shape index (κ3) is 3.31. The van der Waals surface area contributed by atoms with Crippen molar-refractivity contribution in [2.45, 2.75) is 20.1 Å². The number of nitrogens with two attached hydrogens (primary N) is 1. The molecular weight excluding hydrogens is 292 g/mol. The van der Waals surface area contributed by atoms with Gasteiger partial charge in [0, 0.05) is 17.2 Å². The van der Waals surface area contributed by atoms with E-state index in [4.69, 9.17) is 10.5 Å². The summed E-state index contributed by atoms with van der Waals surface area (Å²) in [7, 11) is 0. The van der Waals surface area contributed by atoms with E-state index in [9.17, 15) is 0 Å². The van der Waals surface area contributed by atoms with Crippen LogP contribution in [0.3, 0.4) is 0 Å². The quantitative estimate of drug-likeness (QED) is 0.943. The minimum Gasteiger partial charge on any atom is -0.487 e. The van der Waals surface area contributed by atoms with E-state index in [-0.39, 0.29) is 0 Å². The highest BCUT2D eigenvalue weighted by Crippen LogP contribution is 2.22. The molecule has 0 radical (unpaired) electrons. The highest BCUT2D eigenvalue weighted by atomic mass is 79.9. The van der Waals surface area contributed by atoms with E-state index in [0.717, 1.165) is 27.0 Å². The summed E-state index contributed by atoms with van der Waals surface area (Å²) in [6, 6.07) is 9.83. The van der Waals surface area contributed by atoms with Crippen LogP contribution in [0.4, 0.5) is 0 Å². The summed E-state index contributed by atoms with van der Waals surface area (Å²) >= 11 is 3.46. The van der Waals surface area contributed by atoms with E-state index < -0.39 is 0 Å². The first-order valence-electron chi connectivity index (χ1n) is 5.72. The van der Waals surface area contributed by atoms with Gasteiger partial charge in [-0.25, -0.2) is 0 Å². The molecule has 94 valence electrons. The fourth-order valence-corrected chi connectivity index (χ4v) is 1.77. The Balaban J connectivity index is 1.99. The molecule has 0 atom stereocenters. The first-order chi connectivity index (χ1) is 8.69. The van der Waals surface area contributed by atoms with Crippen molar-refractivity contribution in [1.82, 2.24) is 4.98 Å². The Labute approximate surface area is 115 Å². The maximum atomic E-state index is 5.69. The smallest absolute Gasteiger partial charge is 0.130 e. The Bertz CT molecular complexity index is 526. The molecule has 0 amide bonds. The van der Waals surface area contributed by atoms with Crippen LogP contribution in [0.5, 0.6) is 5.75 Å². The van der Waals surface area contributed by atoms with E-state index in [1.807, 2.05) is 37.3 Å². The number of hydrogen-bond acceptors (Lipinski definition) is 3. The van der Waals surface area contributed by atoms with Crippen LogP contribution in [0.15, 0.2) is 41.0 Å². The van der Waals surface area contributed by atoms with Gasteiger partial charge in [0.05, 0.1) is 5.69 Å². The number of pyridine rings is 1. The number of hydrogen-bond donors (Lipinski definition) is 1. The van der Waals surface area contributed by atoms with Gasteiger partial charge in [-0.1, -0.05) is 22.0 Å². The van der Waals surface area contributed by atoms with Gasteiger partial charge < -0.3 is 10.5 Å². The SMILES string of the molecule is Cc1cc(OCc2ccc(CN)cn2)ccc1Br. The minimum atomic E-state index is 0.464. The van der Waals surface area contributed by atoms with Crippen LogP contribution >= 0.6 is 15.9 Å². The number of nitrogens with zero attached hydrogens (tertiary/aromatic N) is 1. The molecule has 0 aliphatic heterocycles. The van der Waals surface area contributed by atoms with Crippen LogP contribution in [-0.4, -0.2) is 4.98 Å². The van der Waals surface area contributed by atoms with Gasteiger partial charge in [-0.05, 0) is 42.3 Å². The molecule has 0 unspecified atom stereocenters. The van der Waals surface area contributed by atoms with Crippen LogP contribution in [0.2, 0.25) is 0 Å². The van der Waals surface area contributed by atoms with Crippen LogP contribution in [0.25, 0.3) is 0 Å². The molecule has 0 fully saturated rings. The Morgan fingerprint density at radius 3 is 2.72 bits per heavy atom. The molecule has 4 heteroatoms. The summed E-state index contributed by atoms with van der Waals surface area (Å²) in [6.07, 6.45) is 1.78. The molecule has 18 heavy (non-hydrogen) atoms. The molecule has 0 saturated carbocycles. The molecule has 0 aliphatic carbocycles. The largest absolute Gasteiger partial charge is 0.487 e. The van der Waals surface area contributed by atoms with Gasteiger partial charge >= 0.3 is 0 Å². The molecule has 2 N–H and O–H groups in total. The van der Waals surface area contributed by atoms with Gasteiger partial charge in [0.1, 0.15) is 12.4 Å². The minimum absolute atomic E-state index is 0.464. The van der Waals surface area contributed by atoms with Crippen molar-refractivity contribution in [3.05, 3.63) is 57.8 Å². The van der Waals surface area contributed by atoms with Crippen molar-refractivity contribution in [2.24, 2.45) is 5.73 Å². The van der Waals surface area contributed by atoms with Gasteiger partial charge in [0.15, 0.2) is 0 Å². The van der Waals surface area contributed by atoms with Crippen molar-refractivity contribution in [3.63, 3.8) is 0 Å². The molecule has 2 aromatic rings. The van der Waals surface area contributed by atoms with Crippen LogP contribution < -0.4 is 10.5 Å². The van der Waals surface area contributed by atoms with Crippen LogP contribution in [0, 0.1) is 6.92 Å². The average molecular weight is 307 g/mol. The number of aryl methyl sites for hydroxylation is 1. The summed E-state index contributed by atoms with van der Waals surface area (Å²) in [6.45, 7) is 3.01. The topological polar surface area (TPSA) is 48.1 Å². The molecule has 0 bridgehead atoms. The molecule has 0 saturated heterocycles. The summed E-state index contributed by atoms with van der Waals surface area (Å²) in [5, 5.41) is 0. The third-order valence-electron chi connectivity index (χ3n) is 2.64. The first kappa shape index (κ1) is 13.1. The molecule has 0 aliphatic rings. The Morgan fingerprint density at radius 2 is 2.11 bits per heavy atom. The number of rotatable bonds is 4. The Hall–Kier alpha value is -1.39. The lowest BCUT2D eigenvalue weighted by Gasteiger charge is -2.07. The van der Waals surface area contributed by atoms with Gasteiger partial charge in [0.25, 0.3) is 0 Å². The zero-order chi connectivity index (χ0) is 13.0. The fraction of sp³-hybridized carbons (Fsp3) is 0.214. The van der Waals surface area contributed by atoms with Crippen molar-refractivity contribution in [3.8, 4) is 5.75 Å². The third-order valence-corrected chi connectivity index (χ3v) is 3.53. The van der Waals surface area contributed by atoms with Crippen molar-refractivity contribution in [2.75, 3.05) is 0 Å². The highest BCUT2D eigenvalue weighted by Gasteiger charge is 2.00. The summed E-state index contributed by atoms with van der Waals surface area (Å²) in [4.78, 5) is 4.29. The normalized spacial score (nSPS) is 10.4. The predicted molar refractivity (Wildman–Crippen MR) is 75.3 cm³/mol. The molecule has 3 nitrogen and oxygen atoms in total. The second-order valence-corrected chi connectivity index (χ2v) is 4.92. The Kier molecular flexibility index (Phi) is 4.33. The van der Waals surface area contributed by atoms with Crippen LogP contribution in [-0.2, 0) is 13.2 Å². The van der Waals surface area contributed by atoms with Gasteiger partial charge in [0.2, 0.25) is 0 Å². The predicted octanol–water partition coefficient (Wildman–Crippen LogP) is 3.19. The Morgan fingerprint density at radius 1 is 1.28 bits per heavy atom. The monoisotopic (exact) mass is 306 g/mol. The number of ether oxygens (including phenoxy) is 1. The van der Waals surface area contributed by atoms with E-state index >= 15 is 0 Å². The molecule has 2 rings (SSSR count). The van der Waals surface area contributed by atoms with E-state index in [1.54, 1.807) is 6.20 Å². The highest BCUT2D eigenvalue weighted by molar-refractivity contribution is 9.10. The summed E-state index contributed by atoms with van der Waals surface area (Å²) < 4.78 is 6.77. The van der Waals surface area contributed by atoms with E-state index in [1.165, 1.54) is 0 Å². The van der Waals surface area contributed by atoms with E-state index in [0.29, 0.717) is 13.2 Å². The maximum absolute atomic E-state index is 5.69. The molecule has 1 heterocycles. The van der Waals surface area contributed by atoms with Gasteiger partial charge in [-0.2, -0.15) is 0 Å². The molecule has 0 spiro atoms. The van der Waals surface area contributed by atoms with Crippen LogP contribution in [0.1, 0.15) is 16.8 Å². The molecule has 1 aromatic carbocycles. The van der Waals surface area contributed by atoms with Crippen molar-refractivity contribution >= 4 is 15.9 Å².